The number of carbonyl (C=O) groups excluding carboxylic acids is 2. The standard InChI is InChI=1S/C14H22N4O2/c1-3-18(9-13(16)19)7-6-14(20)17-12-8-11(15)5-4-10(12)2/h4-5,8H,3,6-7,9,15H2,1-2H3,(H2,16,19)(H,17,20). The fourth-order valence-electron chi connectivity index (χ4n) is 1.82. The first-order valence-corrected chi connectivity index (χ1v) is 6.59. The summed E-state index contributed by atoms with van der Waals surface area (Å²) >= 11 is 0. The molecule has 0 fully saturated rings. The smallest absolute Gasteiger partial charge is 0.231 e. The molecule has 0 aliphatic rings. The summed E-state index contributed by atoms with van der Waals surface area (Å²) in [6.45, 7) is 5.16. The lowest BCUT2D eigenvalue weighted by Crippen LogP contribution is -2.35. The number of nitrogens with two attached hydrogens (primary N) is 2. The number of amides is 2. The van der Waals surface area contributed by atoms with E-state index in [0.717, 1.165) is 5.56 Å². The van der Waals surface area contributed by atoms with E-state index in [2.05, 4.69) is 5.32 Å². The van der Waals surface area contributed by atoms with Crippen molar-refractivity contribution in [2.75, 3.05) is 30.7 Å². The normalized spacial score (nSPS) is 10.6. The summed E-state index contributed by atoms with van der Waals surface area (Å²) in [7, 11) is 0. The van der Waals surface area contributed by atoms with Crippen molar-refractivity contribution in [3.8, 4) is 0 Å². The van der Waals surface area contributed by atoms with Gasteiger partial charge in [0.25, 0.3) is 0 Å². The molecule has 0 saturated heterocycles. The maximum atomic E-state index is 11.9. The summed E-state index contributed by atoms with van der Waals surface area (Å²) in [5, 5.41) is 2.82. The number of anilines is 2. The van der Waals surface area contributed by atoms with Crippen LogP contribution >= 0.6 is 0 Å². The molecule has 0 spiro atoms. The van der Waals surface area contributed by atoms with E-state index >= 15 is 0 Å². The number of hydrogen-bond donors (Lipinski definition) is 3. The maximum Gasteiger partial charge on any atom is 0.231 e. The lowest BCUT2D eigenvalue weighted by Gasteiger charge is -2.18. The Hall–Kier alpha value is -2.08. The quantitative estimate of drug-likeness (QED) is 0.639. The number of nitrogens with zero attached hydrogens (tertiary/aromatic N) is 1. The second kappa shape index (κ2) is 7.49. The molecule has 2 amide bonds. The summed E-state index contributed by atoms with van der Waals surface area (Å²) in [5.74, 6) is -0.499. The van der Waals surface area contributed by atoms with Crippen LogP contribution < -0.4 is 16.8 Å². The third-order valence-electron chi connectivity index (χ3n) is 3.02. The number of hydrogen-bond acceptors (Lipinski definition) is 4. The van der Waals surface area contributed by atoms with E-state index in [1.54, 1.807) is 12.1 Å². The Kier molecular flexibility index (Phi) is 5.99. The first kappa shape index (κ1) is 16.0. The van der Waals surface area contributed by atoms with Gasteiger partial charge in [0, 0.05) is 24.3 Å². The largest absolute Gasteiger partial charge is 0.399 e. The molecule has 0 unspecified atom stereocenters. The highest BCUT2D eigenvalue weighted by atomic mass is 16.2. The second-order valence-electron chi connectivity index (χ2n) is 4.71. The topological polar surface area (TPSA) is 101 Å². The fraction of sp³-hybridized carbons (Fsp3) is 0.429. The van der Waals surface area contributed by atoms with Crippen LogP contribution in [0.2, 0.25) is 0 Å². The molecule has 0 heterocycles. The van der Waals surface area contributed by atoms with Gasteiger partial charge in [-0.1, -0.05) is 13.0 Å². The van der Waals surface area contributed by atoms with E-state index in [1.165, 1.54) is 0 Å². The van der Waals surface area contributed by atoms with Crippen LogP contribution in [-0.2, 0) is 9.59 Å². The summed E-state index contributed by atoms with van der Waals surface area (Å²) in [6.07, 6.45) is 0.301. The van der Waals surface area contributed by atoms with Crippen molar-refractivity contribution in [3.63, 3.8) is 0 Å². The van der Waals surface area contributed by atoms with Crippen molar-refractivity contribution in [1.29, 1.82) is 0 Å². The molecule has 1 aromatic carbocycles. The van der Waals surface area contributed by atoms with Gasteiger partial charge >= 0.3 is 0 Å². The van der Waals surface area contributed by atoms with Crippen LogP contribution in [0.5, 0.6) is 0 Å². The van der Waals surface area contributed by atoms with Gasteiger partial charge in [0.05, 0.1) is 6.54 Å². The molecular weight excluding hydrogens is 256 g/mol. The number of rotatable bonds is 7. The van der Waals surface area contributed by atoms with Crippen molar-refractivity contribution in [1.82, 2.24) is 4.90 Å². The van der Waals surface area contributed by atoms with Gasteiger partial charge in [-0.2, -0.15) is 0 Å². The fourth-order valence-corrected chi connectivity index (χ4v) is 1.82. The third-order valence-corrected chi connectivity index (χ3v) is 3.02. The summed E-state index contributed by atoms with van der Waals surface area (Å²) < 4.78 is 0. The van der Waals surface area contributed by atoms with E-state index in [-0.39, 0.29) is 18.4 Å². The summed E-state index contributed by atoms with van der Waals surface area (Å²) in [4.78, 5) is 24.6. The molecule has 0 atom stereocenters. The molecule has 0 aliphatic carbocycles. The first-order valence-electron chi connectivity index (χ1n) is 6.59. The maximum absolute atomic E-state index is 11.9. The van der Waals surface area contributed by atoms with Gasteiger partial charge < -0.3 is 16.8 Å². The number of primary amides is 1. The number of carbonyl (C=O) groups is 2. The predicted molar refractivity (Wildman–Crippen MR) is 80.1 cm³/mol. The minimum Gasteiger partial charge on any atom is -0.399 e. The lowest BCUT2D eigenvalue weighted by molar-refractivity contribution is -0.120. The van der Waals surface area contributed by atoms with E-state index in [4.69, 9.17) is 11.5 Å². The Labute approximate surface area is 119 Å². The van der Waals surface area contributed by atoms with Crippen LogP contribution in [0.15, 0.2) is 18.2 Å². The molecule has 0 saturated carbocycles. The van der Waals surface area contributed by atoms with E-state index in [9.17, 15) is 9.59 Å². The number of benzene rings is 1. The van der Waals surface area contributed by atoms with Gasteiger partial charge in [-0.25, -0.2) is 0 Å². The zero-order valence-electron chi connectivity index (χ0n) is 12.0. The molecule has 1 rings (SSSR count). The van der Waals surface area contributed by atoms with Gasteiger partial charge in [-0.05, 0) is 31.2 Å². The van der Waals surface area contributed by atoms with Gasteiger partial charge in [0.1, 0.15) is 0 Å². The minimum absolute atomic E-state index is 0.110. The summed E-state index contributed by atoms with van der Waals surface area (Å²) in [6, 6.07) is 5.38. The second-order valence-corrected chi connectivity index (χ2v) is 4.71. The minimum atomic E-state index is -0.390. The van der Waals surface area contributed by atoms with Crippen LogP contribution in [0.3, 0.4) is 0 Å². The molecular formula is C14H22N4O2. The Balaban J connectivity index is 2.51. The Morgan fingerprint density at radius 2 is 2.05 bits per heavy atom. The average Bonchev–Trinajstić information content (AvgIpc) is 2.38. The molecule has 0 aromatic heterocycles. The Morgan fingerprint density at radius 1 is 1.35 bits per heavy atom. The molecule has 6 heteroatoms. The zero-order chi connectivity index (χ0) is 15.1. The van der Waals surface area contributed by atoms with Gasteiger partial charge in [-0.3, -0.25) is 14.5 Å². The number of nitrogen functional groups attached to an aromatic ring is 1. The molecule has 1 aromatic rings. The van der Waals surface area contributed by atoms with Crippen LogP contribution in [0.1, 0.15) is 18.9 Å². The van der Waals surface area contributed by atoms with E-state index in [0.29, 0.717) is 30.9 Å². The molecule has 110 valence electrons. The predicted octanol–water partition coefficient (Wildman–Crippen LogP) is 0.713. The van der Waals surface area contributed by atoms with Gasteiger partial charge in [0.2, 0.25) is 11.8 Å². The van der Waals surface area contributed by atoms with Crippen LogP contribution in [0, 0.1) is 6.92 Å². The highest BCUT2D eigenvalue weighted by molar-refractivity contribution is 5.92. The van der Waals surface area contributed by atoms with Crippen molar-refractivity contribution in [2.45, 2.75) is 20.3 Å². The average molecular weight is 278 g/mol. The van der Waals surface area contributed by atoms with Crippen LogP contribution in [0.4, 0.5) is 11.4 Å². The lowest BCUT2D eigenvalue weighted by atomic mass is 10.2. The Bertz CT molecular complexity index is 488. The molecule has 20 heavy (non-hydrogen) atoms. The summed E-state index contributed by atoms with van der Waals surface area (Å²) in [5.41, 5.74) is 13.1. The highest BCUT2D eigenvalue weighted by Gasteiger charge is 2.10. The van der Waals surface area contributed by atoms with E-state index < -0.39 is 0 Å². The molecule has 6 nitrogen and oxygen atoms in total. The van der Waals surface area contributed by atoms with Crippen molar-refractivity contribution in [3.05, 3.63) is 23.8 Å². The zero-order valence-corrected chi connectivity index (χ0v) is 12.0. The molecule has 0 radical (unpaired) electrons. The van der Waals surface area contributed by atoms with Crippen molar-refractivity contribution < 1.29 is 9.59 Å². The van der Waals surface area contributed by atoms with Crippen LogP contribution in [0.25, 0.3) is 0 Å². The highest BCUT2D eigenvalue weighted by Crippen LogP contribution is 2.18. The number of aryl methyl sites for hydroxylation is 1. The monoisotopic (exact) mass is 278 g/mol. The molecule has 0 bridgehead atoms. The third kappa shape index (κ3) is 5.27. The van der Waals surface area contributed by atoms with Crippen molar-refractivity contribution >= 4 is 23.2 Å². The van der Waals surface area contributed by atoms with E-state index in [1.807, 2.05) is 24.8 Å². The number of likely N-dealkylation sites (N-methyl/N-ethyl adjacent to an activating group) is 1. The van der Waals surface area contributed by atoms with Crippen molar-refractivity contribution in [2.24, 2.45) is 5.73 Å². The van der Waals surface area contributed by atoms with Crippen LogP contribution in [-0.4, -0.2) is 36.3 Å². The molecule has 5 N–H and O–H groups in total. The van der Waals surface area contributed by atoms with Gasteiger partial charge in [0.15, 0.2) is 0 Å². The Morgan fingerprint density at radius 3 is 2.65 bits per heavy atom. The molecule has 0 aliphatic heterocycles. The first-order chi connectivity index (χ1) is 9.42. The van der Waals surface area contributed by atoms with Gasteiger partial charge in [-0.15, -0.1) is 0 Å². The SMILES string of the molecule is CCN(CCC(=O)Nc1cc(N)ccc1C)CC(N)=O. The number of nitrogens with one attached hydrogen (secondary N) is 1.